The van der Waals surface area contributed by atoms with E-state index in [1.54, 1.807) is 70.5 Å². The van der Waals surface area contributed by atoms with Crippen molar-refractivity contribution in [3.63, 3.8) is 0 Å². The van der Waals surface area contributed by atoms with Crippen LogP contribution in [0.25, 0.3) is 0 Å². The van der Waals surface area contributed by atoms with Crippen molar-refractivity contribution >= 4 is 17.4 Å². The van der Waals surface area contributed by atoms with Crippen LogP contribution < -0.4 is 30.4 Å². The number of hydrogen-bond donors (Lipinski definition) is 2. The van der Waals surface area contributed by atoms with Crippen LogP contribution in [0.3, 0.4) is 0 Å². The van der Waals surface area contributed by atoms with E-state index in [-0.39, 0.29) is 29.4 Å². The summed E-state index contributed by atoms with van der Waals surface area (Å²) in [5.74, 6) is 0.721. The zero-order valence-corrected chi connectivity index (χ0v) is 28.4. The third-order valence-corrected chi connectivity index (χ3v) is 6.29. The monoisotopic (exact) mass is 621 g/mol. The molecule has 0 saturated carbocycles. The maximum Gasteiger partial charge on any atom is 0.259 e. The van der Waals surface area contributed by atoms with Gasteiger partial charge in [0.05, 0.1) is 19.9 Å². The van der Waals surface area contributed by atoms with E-state index in [4.69, 9.17) is 14.2 Å². The first-order valence-electron chi connectivity index (χ1n) is 15.2. The molecular weight excluding hydrogens is 573 g/mol. The number of nitrogens with one attached hydrogen (secondary N) is 2. The quantitative estimate of drug-likeness (QED) is 0.194. The molecule has 0 bridgehead atoms. The third-order valence-electron chi connectivity index (χ3n) is 6.29. The van der Waals surface area contributed by atoms with Crippen molar-refractivity contribution < 1.29 is 23.4 Å². The molecule has 244 valence electrons. The van der Waals surface area contributed by atoms with Crippen molar-refractivity contribution in [1.82, 2.24) is 9.88 Å². The lowest BCUT2D eigenvalue weighted by atomic mass is 10.1. The predicted octanol–water partition coefficient (Wildman–Crippen LogP) is 8.70. The summed E-state index contributed by atoms with van der Waals surface area (Å²) >= 11 is 0. The van der Waals surface area contributed by atoms with Crippen molar-refractivity contribution in [3.8, 4) is 23.0 Å². The normalized spacial score (nSPS) is 9.60. The van der Waals surface area contributed by atoms with Crippen molar-refractivity contribution in [1.29, 1.82) is 0 Å². The molecule has 0 spiro atoms. The molecule has 1 heterocycles. The molecule has 4 aromatic rings. The fraction of sp³-hybridized carbons (Fsp3) is 0.333. The summed E-state index contributed by atoms with van der Waals surface area (Å²) in [5, 5.41) is 5.82. The Morgan fingerprint density at radius 3 is 2.02 bits per heavy atom. The molecule has 0 fully saturated rings. The smallest absolute Gasteiger partial charge is 0.259 e. The molecule has 0 aliphatic carbocycles. The van der Waals surface area contributed by atoms with Gasteiger partial charge in [-0.2, -0.15) is 0 Å². The molecule has 0 aliphatic heterocycles. The summed E-state index contributed by atoms with van der Waals surface area (Å²) < 4.78 is 32.8. The number of aryl methyl sites for hydroxylation is 1. The van der Waals surface area contributed by atoms with Crippen LogP contribution in [-0.4, -0.2) is 24.7 Å². The van der Waals surface area contributed by atoms with Gasteiger partial charge in [0.1, 0.15) is 40.2 Å². The lowest BCUT2D eigenvalue weighted by Crippen LogP contribution is -2.29. The summed E-state index contributed by atoms with van der Waals surface area (Å²) in [5.41, 5.74) is 1.94. The first kappa shape index (κ1) is 38.2. The van der Waals surface area contributed by atoms with Gasteiger partial charge in [-0.05, 0) is 61.4 Å². The van der Waals surface area contributed by atoms with Crippen LogP contribution in [-0.2, 0) is 13.6 Å². The predicted molar refractivity (Wildman–Crippen MR) is 182 cm³/mol. The van der Waals surface area contributed by atoms with Gasteiger partial charge < -0.3 is 24.8 Å². The number of aromatic nitrogens is 1. The van der Waals surface area contributed by atoms with E-state index in [0.717, 1.165) is 11.1 Å². The van der Waals surface area contributed by atoms with Crippen LogP contribution in [0.1, 0.15) is 68.6 Å². The Kier molecular flexibility index (Phi) is 16.6. The minimum absolute atomic E-state index is 0.0108. The van der Waals surface area contributed by atoms with Gasteiger partial charge in [-0.25, -0.2) is 4.39 Å². The summed E-state index contributed by atoms with van der Waals surface area (Å²) in [6, 6.07) is 18.4. The SMILES string of the molecule is CC.CC.CC.COc1ccc(CNC(=O)c2c(Oc3cccc(OC)c3C)cc(=O)n(C)c2Nc2ccc(C)cc2F)cc1. The lowest BCUT2D eigenvalue weighted by Gasteiger charge is -2.20. The van der Waals surface area contributed by atoms with Crippen LogP contribution in [0, 0.1) is 19.7 Å². The van der Waals surface area contributed by atoms with Gasteiger partial charge in [0.25, 0.3) is 11.5 Å². The highest BCUT2D eigenvalue weighted by Gasteiger charge is 2.24. The van der Waals surface area contributed by atoms with Gasteiger partial charge in [0, 0.05) is 25.2 Å². The molecule has 1 aromatic heterocycles. The van der Waals surface area contributed by atoms with Gasteiger partial charge in [0.2, 0.25) is 0 Å². The highest BCUT2D eigenvalue weighted by Crippen LogP contribution is 2.35. The van der Waals surface area contributed by atoms with Crippen LogP contribution in [0.5, 0.6) is 23.0 Å². The van der Waals surface area contributed by atoms with E-state index in [1.807, 2.05) is 53.7 Å². The number of nitrogens with zero attached hydrogens (tertiary/aromatic N) is 1. The fourth-order valence-corrected chi connectivity index (χ4v) is 4.03. The topological polar surface area (TPSA) is 90.8 Å². The number of rotatable bonds is 9. The minimum atomic E-state index is -0.526. The van der Waals surface area contributed by atoms with Gasteiger partial charge >= 0.3 is 0 Å². The molecular formula is C36H48FN3O5. The number of halogens is 1. The highest BCUT2D eigenvalue weighted by atomic mass is 19.1. The van der Waals surface area contributed by atoms with Gasteiger partial charge in [-0.3, -0.25) is 14.2 Å². The van der Waals surface area contributed by atoms with Crippen molar-refractivity contribution in [3.05, 3.63) is 105 Å². The molecule has 0 unspecified atom stereocenters. The second kappa shape index (κ2) is 19.5. The summed E-state index contributed by atoms with van der Waals surface area (Å²) in [4.78, 5) is 26.7. The van der Waals surface area contributed by atoms with Crippen LogP contribution in [0.15, 0.2) is 71.5 Å². The number of ether oxygens (including phenoxy) is 3. The zero-order valence-electron chi connectivity index (χ0n) is 28.4. The number of pyridine rings is 1. The van der Waals surface area contributed by atoms with E-state index < -0.39 is 17.3 Å². The second-order valence-electron chi connectivity index (χ2n) is 8.95. The zero-order chi connectivity index (χ0) is 34.1. The van der Waals surface area contributed by atoms with E-state index >= 15 is 0 Å². The number of methoxy groups -OCH3 is 2. The summed E-state index contributed by atoms with van der Waals surface area (Å²) in [7, 11) is 4.62. The van der Waals surface area contributed by atoms with Gasteiger partial charge in [0.15, 0.2) is 0 Å². The number of anilines is 2. The molecule has 0 radical (unpaired) electrons. The molecule has 4 rings (SSSR count). The third kappa shape index (κ3) is 10.1. The molecule has 0 saturated heterocycles. The molecule has 45 heavy (non-hydrogen) atoms. The molecule has 2 N–H and O–H groups in total. The number of hydrogen-bond acceptors (Lipinski definition) is 6. The molecule has 9 heteroatoms. The van der Waals surface area contributed by atoms with E-state index in [9.17, 15) is 14.0 Å². The standard InChI is InChI=1S/C30H30FN3O5.3C2H6/c1-18-9-14-23(22(31)15-18)33-29-28(30(36)32-17-20-10-12-21(37-4)13-11-20)26(16-27(35)34(29)3)39-25-8-6-7-24(38-5)19(25)2;3*1-2/h6-16,33H,17H2,1-5H3,(H,32,36);3*1-2H3. The van der Waals surface area contributed by atoms with Crippen molar-refractivity contribution in [2.45, 2.75) is 61.9 Å². The molecule has 0 atom stereocenters. The van der Waals surface area contributed by atoms with Crippen molar-refractivity contribution in [2.24, 2.45) is 7.05 Å². The Labute approximate surface area is 267 Å². The summed E-state index contributed by atoms with van der Waals surface area (Å²) in [6.07, 6.45) is 0. The average molecular weight is 622 g/mol. The number of carbonyl (C=O) groups excluding carboxylic acids is 1. The molecule has 0 aliphatic rings. The van der Waals surface area contributed by atoms with Crippen LogP contribution in [0.4, 0.5) is 15.9 Å². The molecule has 3 aromatic carbocycles. The Morgan fingerprint density at radius 2 is 1.44 bits per heavy atom. The first-order valence-corrected chi connectivity index (χ1v) is 15.2. The number of carbonyl (C=O) groups is 1. The Bertz CT molecular complexity index is 1570. The average Bonchev–Trinajstić information content (AvgIpc) is 3.07. The van der Waals surface area contributed by atoms with Gasteiger partial charge in [-0.15, -0.1) is 0 Å². The Balaban J connectivity index is 0.00000159. The van der Waals surface area contributed by atoms with Crippen LogP contribution in [0.2, 0.25) is 0 Å². The molecule has 1 amide bonds. The van der Waals surface area contributed by atoms with Gasteiger partial charge in [-0.1, -0.05) is 65.8 Å². The number of benzene rings is 3. The minimum Gasteiger partial charge on any atom is -0.497 e. The molecule has 8 nitrogen and oxygen atoms in total. The lowest BCUT2D eigenvalue weighted by molar-refractivity contribution is 0.0948. The second-order valence-corrected chi connectivity index (χ2v) is 8.95. The largest absolute Gasteiger partial charge is 0.497 e. The Morgan fingerprint density at radius 1 is 0.822 bits per heavy atom. The van der Waals surface area contributed by atoms with E-state index in [2.05, 4.69) is 10.6 Å². The van der Waals surface area contributed by atoms with E-state index in [0.29, 0.717) is 22.8 Å². The maximum atomic E-state index is 14.8. The first-order chi connectivity index (χ1) is 21.7. The summed E-state index contributed by atoms with van der Waals surface area (Å²) in [6.45, 7) is 15.8. The Hall–Kier alpha value is -4.79. The van der Waals surface area contributed by atoms with Crippen molar-refractivity contribution in [2.75, 3.05) is 19.5 Å². The number of amides is 1. The fourth-order valence-electron chi connectivity index (χ4n) is 4.03. The van der Waals surface area contributed by atoms with Crippen LogP contribution >= 0.6 is 0 Å². The maximum absolute atomic E-state index is 14.8. The van der Waals surface area contributed by atoms with E-state index in [1.165, 1.54) is 23.7 Å². The highest BCUT2D eigenvalue weighted by molar-refractivity contribution is 6.02.